The number of carbonyl (C=O) groups is 3. The first-order valence-electron chi connectivity index (χ1n) is 7.91. The van der Waals surface area contributed by atoms with Gasteiger partial charge in [0.2, 0.25) is 5.91 Å². The highest BCUT2D eigenvalue weighted by atomic mass is 16.2. The summed E-state index contributed by atoms with van der Waals surface area (Å²) in [4.78, 5) is 35.2. The molecule has 0 bridgehead atoms. The standard InChI is InChI=1S/C19H21N3O3/c1-12(21-17-6-4-5-15(11-17)19(25)20-3)18(24)22-16-9-7-14(8-10-16)13(2)23/h4-12,21H,1-3H3,(H,20,25)(H,22,24)/t12-/m1/s1. The third-order valence-corrected chi connectivity index (χ3v) is 3.69. The minimum Gasteiger partial charge on any atom is -0.374 e. The maximum absolute atomic E-state index is 12.3. The van der Waals surface area contributed by atoms with Gasteiger partial charge < -0.3 is 16.0 Å². The van der Waals surface area contributed by atoms with Crippen LogP contribution in [-0.4, -0.2) is 30.7 Å². The van der Waals surface area contributed by atoms with E-state index in [1.54, 1.807) is 62.5 Å². The van der Waals surface area contributed by atoms with Crippen molar-refractivity contribution >= 4 is 29.0 Å². The van der Waals surface area contributed by atoms with Gasteiger partial charge >= 0.3 is 0 Å². The smallest absolute Gasteiger partial charge is 0.251 e. The van der Waals surface area contributed by atoms with Gasteiger partial charge in [-0.25, -0.2) is 0 Å². The zero-order valence-corrected chi connectivity index (χ0v) is 14.4. The zero-order valence-electron chi connectivity index (χ0n) is 14.4. The first kappa shape index (κ1) is 18.2. The second-order valence-corrected chi connectivity index (χ2v) is 5.65. The maximum atomic E-state index is 12.3. The van der Waals surface area contributed by atoms with Crippen LogP contribution in [0.3, 0.4) is 0 Å². The third kappa shape index (κ3) is 4.91. The fourth-order valence-corrected chi connectivity index (χ4v) is 2.25. The predicted molar refractivity (Wildman–Crippen MR) is 98.0 cm³/mol. The molecular formula is C19H21N3O3. The molecule has 130 valence electrons. The lowest BCUT2D eigenvalue weighted by Gasteiger charge is -2.16. The van der Waals surface area contributed by atoms with E-state index in [9.17, 15) is 14.4 Å². The van der Waals surface area contributed by atoms with Crippen LogP contribution in [0.1, 0.15) is 34.6 Å². The third-order valence-electron chi connectivity index (χ3n) is 3.69. The van der Waals surface area contributed by atoms with Crippen LogP contribution in [0.2, 0.25) is 0 Å². The largest absolute Gasteiger partial charge is 0.374 e. The molecule has 0 aliphatic carbocycles. The summed E-state index contributed by atoms with van der Waals surface area (Å²) >= 11 is 0. The highest BCUT2D eigenvalue weighted by Gasteiger charge is 2.14. The number of hydrogen-bond acceptors (Lipinski definition) is 4. The van der Waals surface area contributed by atoms with Gasteiger partial charge in [0.25, 0.3) is 5.91 Å². The number of Topliss-reactive ketones (excluding diaryl/α,β-unsaturated/α-hetero) is 1. The Labute approximate surface area is 146 Å². The first-order chi connectivity index (χ1) is 11.9. The zero-order chi connectivity index (χ0) is 18.4. The minimum absolute atomic E-state index is 0.0242. The van der Waals surface area contributed by atoms with E-state index in [1.807, 2.05) is 0 Å². The highest BCUT2D eigenvalue weighted by Crippen LogP contribution is 2.14. The van der Waals surface area contributed by atoms with Gasteiger partial charge in [-0.15, -0.1) is 0 Å². The fourth-order valence-electron chi connectivity index (χ4n) is 2.25. The molecule has 2 aromatic carbocycles. The van der Waals surface area contributed by atoms with Gasteiger partial charge in [0.1, 0.15) is 6.04 Å². The van der Waals surface area contributed by atoms with E-state index < -0.39 is 6.04 Å². The van der Waals surface area contributed by atoms with E-state index in [1.165, 1.54) is 6.92 Å². The lowest BCUT2D eigenvalue weighted by molar-refractivity contribution is -0.116. The van der Waals surface area contributed by atoms with Crippen molar-refractivity contribution < 1.29 is 14.4 Å². The molecule has 0 unspecified atom stereocenters. The summed E-state index contributed by atoms with van der Waals surface area (Å²) in [6, 6.07) is 13.1. The van der Waals surface area contributed by atoms with Gasteiger partial charge in [0, 0.05) is 29.5 Å². The molecule has 2 aromatic rings. The predicted octanol–water partition coefficient (Wildman–Crippen LogP) is 2.69. The van der Waals surface area contributed by atoms with Crippen LogP contribution < -0.4 is 16.0 Å². The number of anilines is 2. The Morgan fingerprint density at radius 2 is 1.60 bits per heavy atom. The summed E-state index contributed by atoms with van der Waals surface area (Å²) in [5.41, 5.74) is 2.40. The Morgan fingerprint density at radius 3 is 2.20 bits per heavy atom. The van der Waals surface area contributed by atoms with Gasteiger partial charge in [-0.05, 0) is 56.3 Å². The molecule has 25 heavy (non-hydrogen) atoms. The van der Waals surface area contributed by atoms with Crippen molar-refractivity contribution in [2.75, 3.05) is 17.7 Å². The lowest BCUT2D eigenvalue weighted by Crippen LogP contribution is -2.32. The van der Waals surface area contributed by atoms with Crippen LogP contribution in [0.15, 0.2) is 48.5 Å². The van der Waals surface area contributed by atoms with Crippen LogP contribution >= 0.6 is 0 Å². The molecular weight excluding hydrogens is 318 g/mol. The molecule has 0 saturated carbocycles. The summed E-state index contributed by atoms with van der Waals surface area (Å²) in [6.07, 6.45) is 0. The van der Waals surface area contributed by atoms with Crippen molar-refractivity contribution in [1.29, 1.82) is 0 Å². The summed E-state index contributed by atoms with van der Waals surface area (Å²) in [5.74, 6) is -0.434. The topological polar surface area (TPSA) is 87.3 Å². The van der Waals surface area contributed by atoms with Gasteiger partial charge in [-0.3, -0.25) is 14.4 Å². The number of benzene rings is 2. The Bertz CT molecular complexity index is 785. The molecule has 0 radical (unpaired) electrons. The second-order valence-electron chi connectivity index (χ2n) is 5.65. The highest BCUT2D eigenvalue weighted by molar-refractivity contribution is 5.98. The van der Waals surface area contributed by atoms with Crippen molar-refractivity contribution in [2.45, 2.75) is 19.9 Å². The fraction of sp³-hybridized carbons (Fsp3) is 0.211. The normalized spacial score (nSPS) is 11.3. The second kappa shape index (κ2) is 8.10. The van der Waals surface area contributed by atoms with E-state index in [-0.39, 0.29) is 17.6 Å². The average Bonchev–Trinajstić information content (AvgIpc) is 2.61. The van der Waals surface area contributed by atoms with E-state index >= 15 is 0 Å². The van der Waals surface area contributed by atoms with Crippen LogP contribution in [0.25, 0.3) is 0 Å². The van der Waals surface area contributed by atoms with E-state index in [4.69, 9.17) is 0 Å². The van der Waals surface area contributed by atoms with Gasteiger partial charge in [0.15, 0.2) is 5.78 Å². The van der Waals surface area contributed by atoms with Crippen molar-refractivity contribution in [3.63, 3.8) is 0 Å². The molecule has 0 aliphatic rings. The van der Waals surface area contributed by atoms with Crippen molar-refractivity contribution in [1.82, 2.24) is 5.32 Å². The van der Waals surface area contributed by atoms with Crippen LogP contribution in [-0.2, 0) is 4.79 Å². The Hall–Kier alpha value is -3.15. The Morgan fingerprint density at radius 1 is 0.920 bits per heavy atom. The number of hydrogen-bond donors (Lipinski definition) is 3. The SMILES string of the molecule is CNC(=O)c1cccc(N[C@H](C)C(=O)Nc2ccc(C(C)=O)cc2)c1. The van der Waals surface area contributed by atoms with Gasteiger partial charge in [0.05, 0.1) is 0 Å². The molecule has 0 saturated heterocycles. The number of nitrogens with one attached hydrogen (secondary N) is 3. The number of rotatable bonds is 6. The first-order valence-corrected chi connectivity index (χ1v) is 7.91. The minimum atomic E-state index is -0.507. The van der Waals surface area contributed by atoms with E-state index in [0.29, 0.717) is 22.5 Å². The number of ketones is 1. The summed E-state index contributed by atoms with van der Waals surface area (Å²) < 4.78 is 0. The van der Waals surface area contributed by atoms with E-state index in [2.05, 4.69) is 16.0 Å². The van der Waals surface area contributed by atoms with E-state index in [0.717, 1.165) is 0 Å². The molecule has 0 aromatic heterocycles. The van der Waals surface area contributed by atoms with Crippen LogP contribution in [0, 0.1) is 0 Å². The average molecular weight is 339 g/mol. The quantitative estimate of drug-likeness (QED) is 0.706. The lowest BCUT2D eigenvalue weighted by atomic mass is 10.1. The summed E-state index contributed by atoms with van der Waals surface area (Å²) in [7, 11) is 1.57. The maximum Gasteiger partial charge on any atom is 0.251 e. The van der Waals surface area contributed by atoms with Crippen molar-refractivity contribution in [3.05, 3.63) is 59.7 Å². The number of amides is 2. The molecule has 2 amide bonds. The van der Waals surface area contributed by atoms with Crippen LogP contribution in [0.4, 0.5) is 11.4 Å². The summed E-state index contributed by atoms with van der Waals surface area (Å²) in [6.45, 7) is 3.22. The molecule has 6 heteroatoms. The molecule has 3 N–H and O–H groups in total. The molecule has 0 aliphatic heterocycles. The Balaban J connectivity index is 2.00. The molecule has 1 atom stereocenters. The molecule has 0 fully saturated rings. The van der Waals surface area contributed by atoms with Crippen LogP contribution in [0.5, 0.6) is 0 Å². The van der Waals surface area contributed by atoms with Gasteiger partial charge in [-0.1, -0.05) is 6.07 Å². The summed E-state index contributed by atoms with van der Waals surface area (Å²) in [5, 5.41) is 8.41. The van der Waals surface area contributed by atoms with Gasteiger partial charge in [-0.2, -0.15) is 0 Å². The number of carbonyl (C=O) groups excluding carboxylic acids is 3. The van der Waals surface area contributed by atoms with Crippen molar-refractivity contribution in [2.24, 2.45) is 0 Å². The monoisotopic (exact) mass is 339 g/mol. The molecule has 0 spiro atoms. The molecule has 2 rings (SSSR count). The van der Waals surface area contributed by atoms with Crippen molar-refractivity contribution in [3.8, 4) is 0 Å². The molecule has 0 heterocycles. The Kier molecular flexibility index (Phi) is 5.89. The molecule has 6 nitrogen and oxygen atoms in total.